The monoisotopic (exact) mass is 398 g/mol. The van der Waals surface area contributed by atoms with Gasteiger partial charge in [0.15, 0.2) is 11.4 Å². The first kappa shape index (κ1) is 22.0. The molecular formula is C16H19ClN4O6. The Labute approximate surface area is 158 Å². The molecule has 2 aromatic heterocycles. The number of carbonyl (C=O) groups excluding carboxylic acids is 1. The van der Waals surface area contributed by atoms with E-state index in [0.29, 0.717) is 11.1 Å². The highest BCUT2D eigenvalue weighted by Gasteiger charge is 2.18. The van der Waals surface area contributed by atoms with Crippen molar-refractivity contribution < 1.29 is 19.4 Å². The van der Waals surface area contributed by atoms with Crippen LogP contribution in [-0.4, -0.2) is 43.6 Å². The highest BCUT2D eigenvalue weighted by Crippen LogP contribution is 2.15. The maximum atomic E-state index is 11.4. The maximum Gasteiger partial charge on any atom is 0.360 e. The largest absolute Gasteiger partial charge is 0.476 e. The summed E-state index contributed by atoms with van der Waals surface area (Å²) in [5.74, 6) is -1.76. The summed E-state index contributed by atoms with van der Waals surface area (Å²) >= 11 is 5.82. The number of aryl methyl sites for hydroxylation is 1. The third kappa shape index (κ3) is 5.00. The molecule has 2 aromatic rings. The second-order valence-electron chi connectivity index (χ2n) is 5.39. The van der Waals surface area contributed by atoms with Gasteiger partial charge in [0.05, 0.1) is 11.6 Å². The molecule has 2 N–H and O–H groups in total. The average Bonchev–Trinajstić information content (AvgIpc) is 2.61. The number of nitrogens with zero attached hydrogens (tertiary/aromatic N) is 3. The van der Waals surface area contributed by atoms with Crippen LogP contribution in [0.25, 0.3) is 0 Å². The van der Waals surface area contributed by atoms with Crippen LogP contribution in [0.3, 0.4) is 0 Å². The predicted octanol–water partition coefficient (Wildman–Crippen LogP) is 1.00. The second kappa shape index (κ2) is 9.08. The Balaban J connectivity index is 0.000000277. The van der Waals surface area contributed by atoms with Crippen LogP contribution in [0.15, 0.2) is 9.59 Å². The minimum atomic E-state index is -1.13. The number of aromatic carboxylic acids is 1. The normalized spacial score (nSPS) is 10.0. The number of esters is 1. The van der Waals surface area contributed by atoms with Gasteiger partial charge in [0.25, 0.3) is 11.1 Å². The fraction of sp³-hybridized carbons (Fsp3) is 0.375. The number of nitrogens with one attached hydrogen (secondary N) is 1. The van der Waals surface area contributed by atoms with Crippen molar-refractivity contribution in [3.05, 3.63) is 53.8 Å². The van der Waals surface area contributed by atoms with Gasteiger partial charge in [0.1, 0.15) is 0 Å². The van der Waals surface area contributed by atoms with Crippen molar-refractivity contribution in [1.82, 2.24) is 20.0 Å². The van der Waals surface area contributed by atoms with Gasteiger partial charge in [-0.05, 0) is 33.3 Å². The minimum Gasteiger partial charge on any atom is -0.476 e. The highest BCUT2D eigenvalue weighted by atomic mass is 35.5. The topological polar surface area (TPSA) is 144 Å². The van der Waals surface area contributed by atoms with Crippen molar-refractivity contribution in [3.8, 4) is 0 Å². The highest BCUT2D eigenvalue weighted by molar-refractivity contribution is 6.33. The Hall–Kier alpha value is -3.01. The minimum absolute atomic E-state index is 0.0295. The molecule has 0 aliphatic rings. The molecule has 2 rings (SSSR count). The van der Waals surface area contributed by atoms with Gasteiger partial charge in [-0.2, -0.15) is 10.2 Å². The SMILES string of the molecule is CCOC(=O)c1nn(C)c(=O)c(C)c1Cl.Cc1c(C(=O)O)n[nH]c(=O)c1C. The molecule has 0 saturated heterocycles. The number of aromatic nitrogens is 4. The van der Waals surface area contributed by atoms with Gasteiger partial charge in [0, 0.05) is 18.2 Å². The summed E-state index contributed by atoms with van der Waals surface area (Å²) in [6.45, 7) is 6.57. The van der Waals surface area contributed by atoms with E-state index in [1.54, 1.807) is 20.8 Å². The van der Waals surface area contributed by atoms with E-state index in [1.807, 2.05) is 0 Å². The number of hydrogen-bond donors (Lipinski definition) is 2. The molecule has 0 bridgehead atoms. The number of aromatic amines is 1. The summed E-state index contributed by atoms with van der Waals surface area (Å²) in [5, 5.41) is 17.9. The van der Waals surface area contributed by atoms with Crippen molar-refractivity contribution in [2.45, 2.75) is 27.7 Å². The molecule has 0 spiro atoms. The molecule has 0 atom stereocenters. The number of rotatable bonds is 3. The first-order valence-corrected chi connectivity index (χ1v) is 8.10. The van der Waals surface area contributed by atoms with Crippen LogP contribution < -0.4 is 11.1 Å². The Kier molecular flexibility index (Phi) is 7.41. The average molecular weight is 399 g/mol. The molecule has 0 aliphatic carbocycles. The molecule has 0 radical (unpaired) electrons. The number of ether oxygens (including phenoxy) is 1. The van der Waals surface area contributed by atoms with Gasteiger partial charge in [-0.15, -0.1) is 0 Å². The van der Waals surface area contributed by atoms with E-state index in [0.717, 1.165) is 4.68 Å². The third-order valence-electron chi connectivity index (χ3n) is 3.60. The quantitative estimate of drug-likeness (QED) is 0.728. The summed E-state index contributed by atoms with van der Waals surface area (Å²) < 4.78 is 5.82. The van der Waals surface area contributed by atoms with Gasteiger partial charge >= 0.3 is 11.9 Å². The first-order valence-electron chi connectivity index (χ1n) is 7.72. The number of carboxylic acid groups (broad SMARTS) is 1. The van der Waals surface area contributed by atoms with E-state index in [4.69, 9.17) is 21.4 Å². The zero-order chi connectivity index (χ0) is 20.9. The van der Waals surface area contributed by atoms with Crippen molar-refractivity contribution in [2.24, 2.45) is 7.05 Å². The molecular weight excluding hydrogens is 380 g/mol. The van der Waals surface area contributed by atoms with E-state index in [-0.39, 0.29) is 39.7 Å². The van der Waals surface area contributed by atoms with Crippen molar-refractivity contribution in [3.63, 3.8) is 0 Å². The molecule has 0 unspecified atom stereocenters. The Morgan fingerprint density at radius 2 is 1.74 bits per heavy atom. The summed E-state index contributed by atoms with van der Waals surface area (Å²) in [7, 11) is 1.45. The summed E-state index contributed by atoms with van der Waals surface area (Å²) in [4.78, 5) is 44.2. The van der Waals surface area contributed by atoms with Crippen LogP contribution in [0.2, 0.25) is 5.02 Å². The van der Waals surface area contributed by atoms with Crippen LogP contribution in [0.1, 0.15) is 44.6 Å². The van der Waals surface area contributed by atoms with Crippen molar-refractivity contribution in [2.75, 3.05) is 6.61 Å². The van der Waals surface area contributed by atoms with E-state index in [9.17, 15) is 19.2 Å². The second-order valence-corrected chi connectivity index (χ2v) is 5.77. The molecule has 2 heterocycles. The lowest BCUT2D eigenvalue weighted by Gasteiger charge is -2.06. The van der Waals surface area contributed by atoms with Gasteiger partial charge in [-0.3, -0.25) is 9.59 Å². The predicted molar refractivity (Wildman–Crippen MR) is 96.5 cm³/mol. The molecule has 146 valence electrons. The summed E-state index contributed by atoms with van der Waals surface area (Å²) in [6, 6.07) is 0. The Morgan fingerprint density at radius 1 is 1.15 bits per heavy atom. The number of hydrogen-bond acceptors (Lipinski definition) is 7. The van der Waals surface area contributed by atoms with E-state index in [2.05, 4.69) is 15.3 Å². The zero-order valence-electron chi connectivity index (χ0n) is 15.4. The summed E-state index contributed by atoms with van der Waals surface area (Å²) in [6.07, 6.45) is 0. The lowest BCUT2D eigenvalue weighted by atomic mass is 10.1. The molecule has 27 heavy (non-hydrogen) atoms. The van der Waals surface area contributed by atoms with Gasteiger partial charge in [-0.25, -0.2) is 19.4 Å². The zero-order valence-corrected chi connectivity index (χ0v) is 16.2. The number of carbonyl (C=O) groups is 2. The summed E-state index contributed by atoms with van der Waals surface area (Å²) in [5.41, 5.74) is 0.279. The smallest absolute Gasteiger partial charge is 0.360 e. The van der Waals surface area contributed by atoms with Gasteiger partial charge in [-0.1, -0.05) is 11.6 Å². The van der Waals surface area contributed by atoms with Crippen molar-refractivity contribution >= 4 is 23.5 Å². The van der Waals surface area contributed by atoms with Crippen LogP contribution >= 0.6 is 11.6 Å². The maximum absolute atomic E-state index is 11.4. The number of H-pyrrole nitrogens is 1. The van der Waals surface area contributed by atoms with Crippen LogP contribution in [0.5, 0.6) is 0 Å². The molecule has 0 fully saturated rings. The standard InChI is InChI=1S/C9H11ClN2O3.C7H8N2O3/c1-4-15-9(14)7-6(10)5(2)8(13)12(3)11-7;1-3-4(2)6(10)9-8-5(3)7(11)12/h4H2,1-3H3;1-2H3,(H,9,10)(H,11,12). The fourth-order valence-corrected chi connectivity index (χ4v) is 2.11. The van der Waals surface area contributed by atoms with E-state index < -0.39 is 11.9 Å². The lowest BCUT2D eigenvalue weighted by molar-refractivity contribution is 0.0516. The number of carboxylic acids is 1. The van der Waals surface area contributed by atoms with E-state index in [1.165, 1.54) is 14.0 Å². The van der Waals surface area contributed by atoms with Crippen LogP contribution in [-0.2, 0) is 11.8 Å². The molecule has 0 aromatic carbocycles. The van der Waals surface area contributed by atoms with Gasteiger partial charge < -0.3 is 9.84 Å². The first-order chi connectivity index (χ1) is 12.5. The van der Waals surface area contributed by atoms with Crippen molar-refractivity contribution in [1.29, 1.82) is 0 Å². The van der Waals surface area contributed by atoms with E-state index >= 15 is 0 Å². The Bertz CT molecular complexity index is 996. The third-order valence-corrected chi connectivity index (χ3v) is 4.06. The molecule has 11 heteroatoms. The molecule has 10 nitrogen and oxygen atoms in total. The molecule has 0 saturated carbocycles. The molecule has 0 aliphatic heterocycles. The Morgan fingerprint density at radius 3 is 2.26 bits per heavy atom. The van der Waals surface area contributed by atoms with Crippen LogP contribution in [0, 0.1) is 20.8 Å². The van der Waals surface area contributed by atoms with Crippen LogP contribution in [0.4, 0.5) is 0 Å². The lowest BCUT2D eigenvalue weighted by Crippen LogP contribution is -2.26. The fourth-order valence-electron chi connectivity index (χ4n) is 1.91. The molecule has 0 amide bonds. The van der Waals surface area contributed by atoms with Gasteiger partial charge in [0.2, 0.25) is 0 Å². The number of halogens is 1.